The van der Waals surface area contributed by atoms with Crippen molar-refractivity contribution in [2.45, 2.75) is 12.5 Å². The smallest absolute Gasteiger partial charge is 0.0791 e. The SMILES string of the molecule is C=CCC(N=C(c1ccccc1)c1ccccc1)c1ccc(Br)cc1. The first kappa shape index (κ1) is 17.4. The van der Waals surface area contributed by atoms with Crippen LogP contribution in [0.3, 0.4) is 0 Å². The van der Waals surface area contributed by atoms with Crippen molar-refractivity contribution < 1.29 is 0 Å². The summed E-state index contributed by atoms with van der Waals surface area (Å²) in [6.45, 7) is 3.92. The van der Waals surface area contributed by atoms with Gasteiger partial charge in [-0.25, -0.2) is 0 Å². The largest absolute Gasteiger partial charge is 0.276 e. The lowest BCUT2D eigenvalue weighted by Crippen LogP contribution is -2.07. The lowest BCUT2D eigenvalue weighted by molar-refractivity contribution is 0.745. The topological polar surface area (TPSA) is 12.4 Å². The van der Waals surface area contributed by atoms with Crippen LogP contribution in [0.1, 0.15) is 29.2 Å². The maximum atomic E-state index is 5.14. The predicted octanol–water partition coefficient (Wildman–Crippen LogP) is 6.60. The van der Waals surface area contributed by atoms with E-state index in [2.05, 4.69) is 95.3 Å². The first-order chi connectivity index (χ1) is 12.3. The van der Waals surface area contributed by atoms with Gasteiger partial charge in [0.1, 0.15) is 0 Å². The van der Waals surface area contributed by atoms with Crippen LogP contribution in [0.2, 0.25) is 0 Å². The fourth-order valence-electron chi connectivity index (χ4n) is 2.77. The summed E-state index contributed by atoms with van der Waals surface area (Å²) in [4.78, 5) is 5.14. The maximum absolute atomic E-state index is 5.14. The molecule has 3 rings (SSSR count). The third-order valence-electron chi connectivity index (χ3n) is 4.02. The molecule has 1 atom stereocenters. The van der Waals surface area contributed by atoms with Crippen LogP contribution < -0.4 is 0 Å². The minimum absolute atomic E-state index is 0.0426. The highest BCUT2D eigenvalue weighted by molar-refractivity contribution is 9.10. The van der Waals surface area contributed by atoms with E-state index in [4.69, 9.17) is 4.99 Å². The summed E-state index contributed by atoms with van der Waals surface area (Å²) in [5.41, 5.74) is 4.45. The van der Waals surface area contributed by atoms with Crippen LogP contribution >= 0.6 is 15.9 Å². The van der Waals surface area contributed by atoms with Crippen molar-refractivity contribution in [3.05, 3.63) is 119 Å². The molecule has 25 heavy (non-hydrogen) atoms. The third kappa shape index (κ3) is 4.55. The van der Waals surface area contributed by atoms with Gasteiger partial charge in [-0.3, -0.25) is 4.99 Å². The van der Waals surface area contributed by atoms with Gasteiger partial charge in [0.15, 0.2) is 0 Å². The van der Waals surface area contributed by atoms with E-state index >= 15 is 0 Å². The zero-order valence-corrected chi connectivity index (χ0v) is 15.6. The summed E-state index contributed by atoms with van der Waals surface area (Å²) in [6.07, 6.45) is 2.73. The molecule has 0 aliphatic heterocycles. The van der Waals surface area contributed by atoms with E-state index in [1.54, 1.807) is 0 Å². The molecule has 3 aromatic rings. The van der Waals surface area contributed by atoms with Crippen LogP contribution in [-0.2, 0) is 0 Å². The van der Waals surface area contributed by atoms with Gasteiger partial charge in [-0.2, -0.15) is 0 Å². The molecular formula is C23H20BrN. The monoisotopic (exact) mass is 389 g/mol. The summed E-state index contributed by atoms with van der Waals surface area (Å²) < 4.78 is 1.07. The molecule has 0 radical (unpaired) electrons. The molecule has 0 saturated carbocycles. The van der Waals surface area contributed by atoms with Crippen LogP contribution in [0.15, 0.2) is 107 Å². The summed E-state index contributed by atoms with van der Waals surface area (Å²) >= 11 is 3.50. The summed E-state index contributed by atoms with van der Waals surface area (Å²) in [5, 5.41) is 0. The quantitative estimate of drug-likeness (QED) is 0.332. The van der Waals surface area contributed by atoms with Crippen molar-refractivity contribution in [1.29, 1.82) is 0 Å². The lowest BCUT2D eigenvalue weighted by Gasteiger charge is -2.15. The average molecular weight is 390 g/mol. The Kier molecular flexibility index (Phi) is 5.97. The van der Waals surface area contributed by atoms with Crippen LogP contribution in [0, 0.1) is 0 Å². The van der Waals surface area contributed by atoms with Gasteiger partial charge in [-0.15, -0.1) is 6.58 Å². The van der Waals surface area contributed by atoms with E-state index in [0.717, 1.165) is 27.7 Å². The van der Waals surface area contributed by atoms with Gasteiger partial charge in [-0.05, 0) is 24.1 Å². The number of hydrogen-bond donors (Lipinski definition) is 0. The van der Waals surface area contributed by atoms with E-state index in [1.165, 1.54) is 5.56 Å². The second kappa shape index (κ2) is 8.59. The first-order valence-corrected chi connectivity index (χ1v) is 9.12. The molecular weight excluding hydrogens is 370 g/mol. The molecule has 0 amide bonds. The van der Waals surface area contributed by atoms with Crippen molar-refractivity contribution in [1.82, 2.24) is 0 Å². The van der Waals surface area contributed by atoms with E-state index in [0.29, 0.717) is 0 Å². The Bertz CT molecular complexity index is 795. The molecule has 0 aliphatic carbocycles. The Labute approximate surface area is 157 Å². The van der Waals surface area contributed by atoms with Crippen molar-refractivity contribution in [3.63, 3.8) is 0 Å². The van der Waals surface area contributed by atoms with Gasteiger partial charge < -0.3 is 0 Å². The molecule has 0 aromatic heterocycles. The first-order valence-electron chi connectivity index (χ1n) is 8.33. The molecule has 2 heteroatoms. The standard InChI is InChI=1S/C23H20BrN/c1-2-9-22(18-14-16-21(24)17-15-18)25-23(19-10-5-3-6-11-19)20-12-7-4-8-13-20/h2-8,10-17,22H,1,9H2. The Morgan fingerprint density at radius 3 is 1.84 bits per heavy atom. The Balaban J connectivity index is 2.09. The van der Waals surface area contributed by atoms with Gasteiger partial charge >= 0.3 is 0 Å². The summed E-state index contributed by atoms with van der Waals surface area (Å²) in [5.74, 6) is 0. The van der Waals surface area contributed by atoms with Crippen LogP contribution in [0.25, 0.3) is 0 Å². The lowest BCUT2D eigenvalue weighted by atomic mass is 9.99. The highest BCUT2D eigenvalue weighted by Crippen LogP contribution is 2.26. The Hall–Kier alpha value is -2.45. The number of benzene rings is 3. The highest BCUT2D eigenvalue weighted by Gasteiger charge is 2.13. The van der Waals surface area contributed by atoms with E-state index in [1.807, 2.05) is 18.2 Å². The third-order valence-corrected chi connectivity index (χ3v) is 4.55. The van der Waals surface area contributed by atoms with Crippen LogP contribution in [-0.4, -0.2) is 5.71 Å². The summed E-state index contributed by atoms with van der Waals surface area (Å²) in [7, 11) is 0. The van der Waals surface area contributed by atoms with Crippen LogP contribution in [0.4, 0.5) is 0 Å². The molecule has 3 aromatic carbocycles. The van der Waals surface area contributed by atoms with Crippen molar-refractivity contribution in [2.75, 3.05) is 0 Å². The number of nitrogens with zero attached hydrogens (tertiary/aromatic N) is 1. The van der Waals surface area contributed by atoms with E-state index in [-0.39, 0.29) is 6.04 Å². The van der Waals surface area contributed by atoms with Gasteiger partial charge in [0.2, 0.25) is 0 Å². The molecule has 0 N–H and O–H groups in total. The number of aliphatic imine (C=N–C) groups is 1. The maximum Gasteiger partial charge on any atom is 0.0791 e. The van der Waals surface area contributed by atoms with Gasteiger partial charge in [-0.1, -0.05) is 94.8 Å². The fraction of sp³-hybridized carbons (Fsp3) is 0.0870. The van der Waals surface area contributed by atoms with Gasteiger partial charge in [0.25, 0.3) is 0 Å². The van der Waals surface area contributed by atoms with Crippen LogP contribution in [0.5, 0.6) is 0 Å². The second-order valence-electron chi connectivity index (χ2n) is 5.80. The van der Waals surface area contributed by atoms with Gasteiger partial charge in [0.05, 0.1) is 11.8 Å². The molecule has 1 nitrogen and oxygen atoms in total. The molecule has 0 bridgehead atoms. The van der Waals surface area contributed by atoms with E-state index in [9.17, 15) is 0 Å². The van der Waals surface area contributed by atoms with Crippen molar-refractivity contribution in [2.24, 2.45) is 4.99 Å². The Morgan fingerprint density at radius 2 is 1.36 bits per heavy atom. The number of hydrogen-bond acceptors (Lipinski definition) is 1. The highest BCUT2D eigenvalue weighted by atomic mass is 79.9. The Morgan fingerprint density at radius 1 is 0.840 bits per heavy atom. The minimum atomic E-state index is 0.0426. The zero-order valence-electron chi connectivity index (χ0n) is 14.0. The normalized spacial score (nSPS) is 11.6. The fourth-order valence-corrected chi connectivity index (χ4v) is 3.03. The minimum Gasteiger partial charge on any atom is -0.276 e. The van der Waals surface area contributed by atoms with Crippen molar-refractivity contribution in [3.8, 4) is 0 Å². The molecule has 1 unspecified atom stereocenters. The zero-order chi connectivity index (χ0) is 17.5. The molecule has 0 fully saturated rings. The summed E-state index contributed by atoms with van der Waals surface area (Å²) in [6, 6.07) is 29.1. The number of rotatable bonds is 6. The second-order valence-corrected chi connectivity index (χ2v) is 6.72. The van der Waals surface area contributed by atoms with Gasteiger partial charge in [0, 0.05) is 15.6 Å². The molecule has 0 heterocycles. The molecule has 0 spiro atoms. The molecule has 124 valence electrons. The predicted molar refractivity (Wildman–Crippen MR) is 110 cm³/mol. The average Bonchev–Trinajstić information content (AvgIpc) is 2.67. The van der Waals surface area contributed by atoms with E-state index < -0.39 is 0 Å². The molecule has 0 saturated heterocycles. The molecule has 0 aliphatic rings. The number of halogens is 1. The van der Waals surface area contributed by atoms with Crippen molar-refractivity contribution >= 4 is 21.6 Å².